The maximum absolute atomic E-state index is 9.89. The second-order valence-electron chi connectivity index (χ2n) is 4.93. The number of likely N-dealkylation sites (tertiary alicyclic amines) is 1. The Morgan fingerprint density at radius 2 is 1.75 bits per heavy atom. The van der Waals surface area contributed by atoms with E-state index in [2.05, 4.69) is 17.1 Å². The number of β-amino-alcohol motifs (C(OH)–C–C–N with tert-alkyl or cyclic N) is 1. The Balaban J connectivity index is 2.12. The Morgan fingerprint density at radius 1 is 1.12 bits per heavy atom. The van der Waals surface area contributed by atoms with Crippen molar-refractivity contribution >= 4 is 0 Å². The van der Waals surface area contributed by atoms with Crippen LogP contribution in [0.3, 0.4) is 0 Å². The molecule has 1 aliphatic rings. The molecule has 3 nitrogen and oxygen atoms in total. The number of nitrogens with one attached hydrogen (secondary N) is 1. The summed E-state index contributed by atoms with van der Waals surface area (Å²) >= 11 is 0. The van der Waals surface area contributed by atoms with E-state index in [1.807, 2.05) is 0 Å². The highest BCUT2D eigenvalue weighted by atomic mass is 16.3. The summed E-state index contributed by atoms with van der Waals surface area (Å²) in [5.41, 5.74) is 0. The summed E-state index contributed by atoms with van der Waals surface area (Å²) in [7, 11) is 0. The third-order valence-electron chi connectivity index (χ3n) is 3.22. The molecule has 0 aliphatic carbocycles. The summed E-state index contributed by atoms with van der Waals surface area (Å²) in [6.07, 6.45) is 7.65. The topological polar surface area (TPSA) is 35.5 Å². The normalized spacial score (nSPS) is 21.4. The molecule has 3 heteroatoms. The van der Waals surface area contributed by atoms with Crippen molar-refractivity contribution in [1.82, 2.24) is 10.2 Å². The molecule has 0 aromatic carbocycles. The summed E-state index contributed by atoms with van der Waals surface area (Å²) in [5, 5.41) is 13.2. The van der Waals surface area contributed by atoms with E-state index in [4.69, 9.17) is 0 Å². The van der Waals surface area contributed by atoms with E-state index in [1.54, 1.807) is 0 Å². The number of rotatable bonds is 6. The van der Waals surface area contributed by atoms with Crippen LogP contribution in [0.15, 0.2) is 0 Å². The third kappa shape index (κ3) is 6.46. The lowest BCUT2D eigenvalue weighted by Crippen LogP contribution is -2.39. The minimum Gasteiger partial charge on any atom is -0.390 e. The van der Waals surface area contributed by atoms with Crippen LogP contribution in [-0.4, -0.2) is 48.8 Å². The summed E-state index contributed by atoms with van der Waals surface area (Å²) in [5.74, 6) is 0. The van der Waals surface area contributed by atoms with E-state index in [1.165, 1.54) is 45.2 Å². The Morgan fingerprint density at radius 3 is 2.38 bits per heavy atom. The standard InChI is InChI=1S/C13H28N2O/c1-2-8-14-11-13(16)12-15-9-6-4-3-5-7-10-15/h13-14,16H,2-12H2,1H3. The van der Waals surface area contributed by atoms with Gasteiger partial charge in [-0.05, 0) is 38.9 Å². The molecule has 1 heterocycles. The first-order valence-electron chi connectivity index (χ1n) is 6.94. The molecule has 0 amide bonds. The molecule has 1 rings (SSSR count). The SMILES string of the molecule is CCCNCC(O)CN1CCCCCCC1. The fourth-order valence-corrected chi connectivity index (χ4v) is 2.30. The van der Waals surface area contributed by atoms with Crippen molar-refractivity contribution in [1.29, 1.82) is 0 Å². The quantitative estimate of drug-likeness (QED) is 0.678. The Kier molecular flexibility index (Phi) is 7.81. The summed E-state index contributed by atoms with van der Waals surface area (Å²) in [6.45, 7) is 7.09. The van der Waals surface area contributed by atoms with Gasteiger partial charge in [-0.15, -0.1) is 0 Å². The van der Waals surface area contributed by atoms with E-state index in [0.717, 1.165) is 26.1 Å². The number of hydrogen-bond acceptors (Lipinski definition) is 3. The van der Waals surface area contributed by atoms with Crippen molar-refractivity contribution in [3.05, 3.63) is 0 Å². The predicted octanol–water partition coefficient (Wildman–Crippen LogP) is 1.61. The van der Waals surface area contributed by atoms with E-state index < -0.39 is 0 Å². The van der Waals surface area contributed by atoms with Crippen molar-refractivity contribution < 1.29 is 5.11 Å². The Labute approximate surface area is 100 Å². The van der Waals surface area contributed by atoms with E-state index >= 15 is 0 Å². The van der Waals surface area contributed by atoms with Gasteiger partial charge in [0.25, 0.3) is 0 Å². The Bertz CT molecular complexity index is 156. The Hall–Kier alpha value is -0.120. The maximum Gasteiger partial charge on any atom is 0.0791 e. The van der Waals surface area contributed by atoms with Crippen LogP contribution in [0, 0.1) is 0 Å². The predicted molar refractivity (Wildman–Crippen MR) is 68.7 cm³/mol. The van der Waals surface area contributed by atoms with Crippen LogP contribution in [0.5, 0.6) is 0 Å². The van der Waals surface area contributed by atoms with Crippen LogP contribution in [0.4, 0.5) is 0 Å². The smallest absolute Gasteiger partial charge is 0.0791 e. The number of nitrogens with zero attached hydrogens (tertiary/aromatic N) is 1. The summed E-state index contributed by atoms with van der Waals surface area (Å²) in [6, 6.07) is 0. The van der Waals surface area contributed by atoms with Crippen molar-refractivity contribution in [3.8, 4) is 0 Å². The minimum absolute atomic E-state index is 0.203. The highest BCUT2D eigenvalue weighted by Gasteiger charge is 2.12. The lowest BCUT2D eigenvalue weighted by atomic mass is 10.1. The molecule has 1 saturated heterocycles. The minimum atomic E-state index is -0.203. The molecule has 1 atom stereocenters. The van der Waals surface area contributed by atoms with Crippen molar-refractivity contribution in [2.75, 3.05) is 32.7 Å². The van der Waals surface area contributed by atoms with Crippen LogP contribution in [-0.2, 0) is 0 Å². The van der Waals surface area contributed by atoms with Gasteiger partial charge in [-0.3, -0.25) is 0 Å². The monoisotopic (exact) mass is 228 g/mol. The zero-order valence-electron chi connectivity index (χ0n) is 10.7. The molecule has 1 unspecified atom stereocenters. The van der Waals surface area contributed by atoms with Crippen LogP contribution < -0.4 is 5.32 Å². The highest BCUT2D eigenvalue weighted by Crippen LogP contribution is 2.10. The molecule has 1 aliphatic heterocycles. The maximum atomic E-state index is 9.89. The van der Waals surface area contributed by atoms with Crippen LogP contribution in [0.1, 0.15) is 45.4 Å². The van der Waals surface area contributed by atoms with Crippen molar-refractivity contribution in [2.24, 2.45) is 0 Å². The molecule has 0 spiro atoms. The van der Waals surface area contributed by atoms with Gasteiger partial charge in [0.15, 0.2) is 0 Å². The van der Waals surface area contributed by atoms with Gasteiger partial charge in [0.2, 0.25) is 0 Å². The van der Waals surface area contributed by atoms with E-state index in [9.17, 15) is 5.11 Å². The van der Waals surface area contributed by atoms with Gasteiger partial charge in [0.1, 0.15) is 0 Å². The highest BCUT2D eigenvalue weighted by molar-refractivity contribution is 4.68. The molecule has 2 N–H and O–H groups in total. The molecule has 0 radical (unpaired) electrons. The van der Waals surface area contributed by atoms with Crippen molar-refractivity contribution in [2.45, 2.75) is 51.6 Å². The first kappa shape index (κ1) is 13.9. The van der Waals surface area contributed by atoms with Crippen molar-refractivity contribution in [3.63, 3.8) is 0 Å². The van der Waals surface area contributed by atoms with Gasteiger partial charge in [0.05, 0.1) is 6.10 Å². The largest absolute Gasteiger partial charge is 0.390 e. The second-order valence-corrected chi connectivity index (χ2v) is 4.93. The number of hydrogen-bond donors (Lipinski definition) is 2. The lowest BCUT2D eigenvalue weighted by Gasteiger charge is -2.26. The fourth-order valence-electron chi connectivity index (χ4n) is 2.30. The molecular weight excluding hydrogens is 200 g/mol. The number of aliphatic hydroxyl groups excluding tert-OH is 1. The summed E-state index contributed by atoms with van der Waals surface area (Å²) < 4.78 is 0. The van der Waals surface area contributed by atoms with Crippen LogP contribution in [0.25, 0.3) is 0 Å². The molecular formula is C13H28N2O. The molecule has 16 heavy (non-hydrogen) atoms. The summed E-state index contributed by atoms with van der Waals surface area (Å²) in [4.78, 5) is 2.43. The zero-order valence-corrected chi connectivity index (χ0v) is 10.7. The van der Waals surface area contributed by atoms with Gasteiger partial charge in [-0.25, -0.2) is 0 Å². The fraction of sp³-hybridized carbons (Fsp3) is 1.00. The molecule has 0 saturated carbocycles. The average Bonchev–Trinajstić information content (AvgIpc) is 2.22. The first-order chi connectivity index (χ1) is 7.83. The number of aliphatic hydroxyl groups is 1. The van der Waals surface area contributed by atoms with E-state index in [0.29, 0.717) is 0 Å². The average molecular weight is 228 g/mol. The van der Waals surface area contributed by atoms with Gasteiger partial charge in [-0.1, -0.05) is 26.2 Å². The zero-order chi connectivity index (χ0) is 11.6. The lowest BCUT2D eigenvalue weighted by molar-refractivity contribution is 0.106. The van der Waals surface area contributed by atoms with Gasteiger partial charge in [-0.2, -0.15) is 0 Å². The van der Waals surface area contributed by atoms with Gasteiger partial charge >= 0.3 is 0 Å². The van der Waals surface area contributed by atoms with Gasteiger partial charge in [0, 0.05) is 13.1 Å². The second kappa shape index (κ2) is 8.97. The van der Waals surface area contributed by atoms with E-state index in [-0.39, 0.29) is 6.10 Å². The molecule has 1 fully saturated rings. The molecule has 0 bridgehead atoms. The van der Waals surface area contributed by atoms with Gasteiger partial charge < -0.3 is 15.3 Å². The molecule has 0 aromatic rings. The molecule has 0 aromatic heterocycles. The third-order valence-corrected chi connectivity index (χ3v) is 3.22. The van der Waals surface area contributed by atoms with Crippen LogP contribution >= 0.6 is 0 Å². The van der Waals surface area contributed by atoms with Crippen LogP contribution in [0.2, 0.25) is 0 Å². The molecule has 96 valence electrons. The first-order valence-corrected chi connectivity index (χ1v) is 6.94.